The van der Waals surface area contributed by atoms with Gasteiger partial charge in [-0.3, -0.25) is 0 Å². The van der Waals surface area contributed by atoms with Gasteiger partial charge in [0.1, 0.15) is 0 Å². The van der Waals surface area contributed by atoms with Gasteiger partial charge >= 0.3 is 6.09 Å². The van der Waals surface area contributed by atoms with Crippen molar-refractivity contribution >= 4 is 6.09 Å². The van der Waals surface area contributed by atoms with Crippen molar-refractivity contribution < 1.29 is 19.4 Å². The third-order valence-corrected chi connectivity index (χ3v) is 3.13. The van der Waals surface area contributed by atoms with E-state index < -0.39 is 6.09 Å². The van der Waals surface area contributed by atoms with E-state index in [0.717, 1.165) is 45.5 Å². The highest BCUT2D eigenvalue weighted by molar-refractivity contribution is 5.64. The van der Waals surface area contributed by atoms with Crippen molar-refractivity contribution in [3.8, 4) is 0 Å². The fourth-order valence-electron chi connectivity index (χ4n) is 1.99. The number of amides is 1. The summed E-state index contributed by atoms with van der Waals surface area (Å²) in [5.74, 6) is 0.521. The zero-order chi connectivity index (χ0) is 12.5. The Morgan fingerprint density at radius 2 is 1.94 bits per heavy atom. The molecule has 0 bridgehead atoms. The van der Waals surface area contributed by atoms with Gasteiger partial charge in [0, 0.05) is 40.0 Å². The van der Waals surface area contributed by atoms with Gasteiger partial charge in [-0.05, 0) is 31.6 Å². The van der Waals surface area contributed by atoms with Crippen LogP contribution in [0, 0.1) is 5.92 Å². The van der Waals surface area contributed by atoms with E-state index in [4.69, 9.17) is 14.6 Å². The molecule has 0 aromatic rings. The number of likely N-dealkylation sites (tertiary alicyclic amines) is 1. The maximum Gasteiger partial charge on any atom is 0.407 e. The molecule has 1 fully saturated rings. The Labute approximate surface area is 103 Å². The van der Waals surface area contributed by atoms with Crippen molar-refractivity contribution in [3.63, 3.8) is 0 Å². The molecule has 0 aromatic heterocycles. The molecule has 100 valence electrons. The first kappa shape index (κ1) is 14.3. The molecule has 1 N–H and O–H groups in total. The lowest BCUT2D eigenvalue weighted by Gasteiger charge is -2.29. The Bertz CT molecular complexity index is 215. The van der Waals surface area contributed by atoms with E-state index in [-0.39, 0.29) is 0 Å². The van der Waals surface area contributed by atoms with Crippen molar-refractivity contribution in [2.24, 2.45) is 5.92 Å². The van der Waals surface area contributed by atoms with Crippen LogP contribution in [-0.4, -0.2) is 56.1 Å². The molecule has 0 aliphatic carbocycles. The van der Waals surface area contributed by atoms with E-state index in [1.165, 1.54) is 4.90 Å². The van der Waals surface area contributed by atoms with E-state index >= 15 is 0 Å². The summed E-state index contributed by atoms with van der Waals surface area (Å²) in [5, 5.41) is 8.80. The number of hydrogen-bond donors (Lipinski definition) is 1. The fraction of sp³-hybridized carbons (Fsp3) is 0.917. The SMILES string of the molecule is COCCCCOCC1CCN(C(=O)O)CC1. The lowest BCUT2D eigenvalue weighted by molar-refractivity contribution is 0.0608. The average Bonchev–Trinajstić information content (AvgIpc) is 2.34. The predicted octanol–water partition coefficient (Wildman–Crippen LogP) is 1.82. The Hall–Kier alpha value is -0.810. The first-order chi connectivity index (χ1) is 8.24. The maximum atomic E-state index is 10.7. The minimum atomic E-state index is -0.802. The number of piperidine rings is 1. The third kappa shape index (κ3) is 5.89. The summed E-state index contributed by atoms with van der Waals surface area (Å²) in [4.78, 5) is 12.2. The standard InChI is InChI=1S/C12H23NO4/c1-16-8-2-3-9-17-10-11-4-6-13(7-5-11)12(14)15/h11H,2-10H2,1H3,(H,14,15). The zero-order valence-electron chi connectivity index (χ0n) is 10.6. The Balaban J connectivity index is 1.97. The van der Waals surface area contributed by atoms with Gasteiger partial charge in [-0.1, -0.05) is 0 Å². The molecule has 1 saturated heterocycles. The van der Waals surface area contributed by atoms with Gasteiger partial charge < -0.3 is 19.5 Å². The number of ether oxygens (including phenoxy) is 2. The Kier molecular flexibility index (Phi) is 6.96. The van der Waals surface area contributed by atoms with Gasteiger partial charge in [0.15, 0.2) is 0 Å². The Morgan fingerprint density at radius 1 is 1.29 bits per heavy atom. The normalized spacial score (nSPS) is 17.4. The minimum absolute atomic E-state index is 0.521. The summed E-state index contributed by atoms with van der Waals surface area (Å²) in [5.41, 5.74) is 0. The predicted molar refractivity (Wildman–Crippen MR) is 64.3 cm³/mol. The molecule has 0 aromatic carbocycles. The summed E-state index contributed by atoms with van der Waals surface area (Å²) < 4.78 is 10.5. The van der Waals surface area contributed by atoms with Crippen LogP contribution in [0.1, 0.15) is 25.7 Å². The number of carboxylic acid groups (broad SMARTS) is 1. The monoisotopic (exact) mass is 245 g/mol. The molecule has 1 aliphatic heterocycles. The van der Waals surface area contributed by atoms with Crippen LogP contribution in [0.25, 0.3) is 0 Å². The van der Waals surface area contributed by atoms with Gasteiger partial charge in [-0.15, -0.1) is 0 Å². The summed E-state index contributed by atoms with van der Waals surface area (Å²) >= 11 is 0. The minimum Gasteiger partial charge on any atom is -0.465 e. The van der Waals surface area contributed by atoms with Crippen LogP contribution in [0.15, 0.2) is 0 Å². The zero-order valence-corrected chi connectivity index (χ0v) is 10.6. The second-order valence-corrected chi connectivity index (χ2v) is 4.49. The van der Waals surface area contributed by atoms with E-state index in [1.54, 1.807) is 7.11 Å². The fourth-order valence-corrected chi connectivity index (χ4v) is 1.99. The second kappa shape index (κ2) is 8.31. The molecular weight excluding hydrogens is 222 g/mol. The lowest BCUT2D eigenvalue weighted by Crippen LogP contribution is -2.38. The first-order valence-corrected chi connectivity index (χ1v) is 6.28. The van der Waals surface area contributed by atoms with Crippen LogP contribution >= 0.6 is 0 Å². The van der Waals surface area contributed by atoms with Gasteiger partial charge in [0.2, 0.25) is 0 Å². The second-order valence-electron chi connectivity index (χ2n) is 4.49. The molecule has 17 heavy (non-hydrogen) atoms. The lowest BCUT2D eigenvalue weighted by atomic mass is 9.98. The third-order valence-electron chi connectivity index (χ3n) is 3.13. The van der Waals surface area contributed by atoms with E-state index in [1.807, 2.05) is 0 Å². The van der Waals surface area contributed by atoms with Gasteiger partial charge in [-0.25, -0.2) is 4.79 Å². The van der Waals surface area contributed by atoms with E-state index in [2.05, 4.69) is 0 Å². The summed E-state index contributed by atoms with van der Waals surface area (Å²) in [6.45, 7) is 3.63. The van der Waals surface area contributed by atoms with Crippen LogP contribution < -0.4 is 0 Å². The van der Waals surface area contributed by atoms with E-state index in [9.17, 15) is 4.79 Å². The molecule has 5 heteroatoms. The highest BCUT2D eigenvalue weighted by Gasteiger charge is 2.21. The Morgan fingerprint density at radius 3 is 2.53 bits per heavy atom. The molecule has 1 aliphatic rings. The largest absolute Gasteiger partial charge is 0.465 e. The van der Waals surface area contributed by atoms with Crippen LogP contribution in [0.5, 0.6) is 0 Å². The van der Waals surface area contributed by atoms with Gasteiger partial charge in [0.05, 0.1) is 0 Å². The smallest absolute Gasteiger partial charge is 0.407 e. The topological polar surface area (TPSA) is 59.0 Å². The first-order valence-electron chi connectivity index (χ1n) is 6.28. The summed E-state index contributed by atoms with van der Waals surface area (Å²) in [7, 11) is 1.71. The molecular formula is C12H23NO4. The molecule has 1 amide bonds. The number of unbranched alkanes of at least 4 members (excludes halogenated alkanes) is 1. The van der Waals surface area contributed by atoms with Crippen LogP contribution in [0.4, 0.5) is 4.79 Å². The number of methoxy groups -OCH3 is 1. The molecule has 1 rings (SSSR count). The highest BCUT2D eigenvalue weighted by Crippen LogP contribution is 2.17. The highest BCUT2D eigenvalue weighted by atomic mass is 16.5. The molecule has 0 unspecified atom stereocenters. The molecule has 1 heterocycles. The number of rotatable bonds is 7. The maximum absolute atomic E-state index is 10.7. The van der Waals surface area contributed by atoms with Crippen molar-refractivity contribution in [3.05, 3.63) is 0 Å². The van der Waals surface area contributed by atoms with Crippen molar-refractivity contribution in [2.45, 2.75) is 25.7 Å². The average molecular weight is 245 g/mol. The van der Waals surface area contributed by atoms with Crippen LogP contribution in [0.2, 0.25) is 0 Å². The molecule has 0 atom stereocenters. The van der Waals surface area contributed by atoms with E-state index in [0.29, 0.717) is 19.0 Å². The number of nitrogens with zero attached hydrogens (tertiary/aromatic N) is 1. The van der Waals surface area contributed by atoms with Crippen LogP contribution in [0.3, 0.4) is 0 Å². The molecule has 0 spiro atoms. The van der Waals surface area contributed by atoms with Crippen molar-refractivity contribution in [2.75, 3.05) is 40.0 Å². The summed E-state index contributed by atoms with van der Waals surface area (Å²) in [6.07, 6.45) is 3.11. The van der Waals surface area contributed by atoms with Gasteiger partial charge in [-0.2, -0.15) is 0 Å². The number of carbonyl (C=O) groups is 1. The quantitative estimate of drug-likeness (QED) is 0.695. The van der Waals surface area contributed by atoms with Crippen molar-refractivity contribution in [1.82, 2.24) is 4.90 Å². The summed E-state index contributed by atoms with van der Waals surface area (Å²) in [6, 6.07) is 0. The van der Waals surface area contributed by atoms with Gasteiger partial charge in [0.25, 0.3) is 0 Å². The van der Waals surface area contributed by atoms with Crippen LogP contribution in [-0.2, 0) is 9.47 Å². The molecule has 5 nitrogen and oxygen atoms in total. The number of hydrogen-bond acceptors (Lipinski definition) is 3. The molecule has 0 saturated carbocycles. The van der Waals surface area contributed by atoms with Crippen molar-refractivity contribution in [1.29, 1.82) is 0 Å². The molecule has 0 radical (unpaired) electrons.